The summed E-state index contributed by atoms with van der Waals surface area (Å²) in [6.07, 6.45) is 1.54. The summed E-state index contributed by atoms with van der Waals surface area (Å²) < 4.78 is 0.380. The van der Waals surface area contributed by atoms with Gasteiger partial charge in [0.1, 0.15) is 0 Å². The Kier molecular flexibility index (Phi) is 3.36. The lowest BCUT2D eigenvalue weighted by Gasteiger charge is -2.12. The number of anilines is 1. The van der Waals surface area contributed by atoms with Gasteiger partial charge in [-0.05, 0) is 40.9 Å². The third kappa shape index (κ3) is 2.37. The van der Waals surface area contributed by atoms with E-state index in [0.717, 1.165) is 12.8 Å². The van der Waals surface area contributed by atoms with Gasteiger partial charge in [0.15, 0.2) is 0 Å². The van der Waals surface area contributed by atoms with Gasteiger partial charge in [-0.2, -0.15) is 0 Å². The van der Waals surface area contributed by atoms with Crippen molar-refractivity contribution in [3.05, 3.63) is 32.8 Å². The SMILES string of the molecule is NCC1(C(=O)Nc2ccc(Br)c([N+](=O)[O-])c2)CC1. The Morgan fingerprint density at radius 1 is 1.56 bits per heavy atom. The Morgan fingerprint density at radius 2 is 2.22 bits per heavy atom. The second-order valence-electron chi connectivity index (χ2n) is 4.36. The number of nitrogens with one attached hydrogen (secondary N) is 1. The van der Waals surface area contributed by atoms with Crippen LogP contribution in [0.15, 0.2) is 22.7 Å². The Morgan fingerprint density at radius 3 is 2.72 bits per heavy atom. The van der Waals surface area contributed by atoms with Crippen molar-refractivity contribution in [3.8, 4) is 0 Å². The van der Waals surface area contributed by atoms with Gasteiger partial charge in [0.05, 0.1) is 14.8 Å². The maximum absolute atomic E-state index is 11.9. The third-order valence-electron chi connectivity index (χ3n) is 3.13. The fraction of sp³-hybridized carbons (Fsp3) is 0.364. The van der Waals surface area contributed by atoms with Gasteiger partial charge in [0, 0.05) is 18.3 Å². The molecule has 1 amide bonds. The number of nitro groups is 1. The molecule has 6 nitrogen and oxygen atoms in total. The van der Waals surface area contributed by atoms with Crippen molar-refractivity contribution >= 4 is 33.2 Å². The molecule has 1 fully saturated rings. The van der Waals surface area contributed by atoms with E-state index >= 15 is 0 Å². The van der Waals surface area contributed by atoms with E-state index in [0.29, 0.717) is 16.7 Å². The molecule has 1 saturated carbocycles. The van der Waals surface area contributed by atoms with Crippen LogP contribution in [0.2, 0.25) is 0 Å². The standard InChI is InChI=1S/C11H12BrN3O3/c12-8-2-1-7(5-9(8)15(17)18)14-10(16)11(6-13)3-4-11/h1-2,5H,3-4,6,13H2,(H,14,16). The number of amides is 1. The first-order valence-electron chi connectivity index (χ1n) is 5.44. The quantitative estimate of drug-likeness (QED) is 0.656. The van der Waals surface area contributed by atoms with Gasteiger partial charge in [-0.15, -0.1) is 0 Å². The van der Waals surface area contributed by atoms with E-state index < -0.39 is 10.3 Å². The van der Waals surface area contributed by atoms with E-state index in [2.05, 4.69) is 21.2 Å². The van der Waals surface area contributed by atoms with Crippen LogP contribution in [0.25, 0.3) is 0 Å². The minimum Gasteiger partial charge on any atom is -0.329 e. The highest BCUT2D eigenvalue weighted by atomic mass is 79.9. The molecule has 1 aliphatic rings. The summed E-state index contributed by atoms with van der Waals surface area (Å²) >= 11 is 3.09. The van der Waals surface area contributed by atoms with Crippen LogP contribution < -0.4 is 11.1 Å². The van der Waals surface area contributed by atoms with Crippen LogP contribution >= 0.6 is 15.9 Å². The van der Waals surface area contributed by atoms with Gasteiger partial charge >= 0.3 is 0 Å². The molecule has 0 spiro atoms. The highest BCUT2D eigenvalue weighted by Crippen LogP contribution is 2.45. The monoisotopic (exact) mass is 313 g/mol. The van der Waals surface area contributed by atoms with Crippen molar-refractivity contribution in [2.45, 2.75) is 12.8 Å². The number of benzene rings is 1. The Hall–Kier alpha value is -1.47. The Balaban J connectivity index is 2.17. The molecule has 0 heterocycles. The summed E-state index contributed by atoms with van der Waals surface area (Å²) in [6, 6.07) is 4.48. The van der Waals surface area contributed by atoms with E-state index in [-0.39, 0.29) is 11.6 Å². The number of nitrogens with zero attached hydrogens (tertiary/aromatic N) is 1. The fourth-order valence-corrected chi connectivity index (χ4v) is 2.06. The van der Waals surface area contributed by atoms with E-state index in [1.54, 1.807) is 6.07 Å². The van der Waals surface area contributed by atoms with Gasteiger partial charge < -0.3 is 11.1 Å². The molecule has 7 heteroatoms. The summed E-state index contributed by atoms with van der Waals surface area (Å²) in [4.78, 5) is 22.2. The van der Waals surface area contributed by atoms with Crippen molar-refractivity contribution in [2.75, 3.05) is 11.9 Å². The maximum Gasteiger partial charge on any atom is 0.285 e. The van der Waals surface area contributed by atoms with Crippen LogP contribution in [-0.4, -0.2) is 17.4 Å². The van der Waals surface area contributed by atoms with E-state index in [4.69, 9.17) is 5.73 Å². The first kappa shape index (κ1) is 13.0. The minimum absolute atomic E-state index is 0.0783. The molecule has 96 valence electrons. The van der Waals surface area contributed by atoms with E-state index in [9.17, 15) is 14.9 Å². The number of carbonyl (C=O) groups excluding carboxylic acids is 1. The highest BCUT2D eigenvalue weighted by Gasteiger charge is 2.48. The molecule has 0 atom stereocenters. The Labute approximate surface area is 112 Å². The average molecular weight is 314 g/mol. The lowest BCUT2D eigenvalue weighted by Crippen LogP contribution is -2.30. The molecule has 1 aromatic carbocycles. The zero-order chi connectivity index (χ0) is 13.3. The van der Waals surface area contributed by atoms with Crippen molar-refractivity contribution in [1.82, 2.24) is 0 Å². The van der Waals surface area contributed by atoms with Gasteiger partial charge in [-0.25, -0.2) is 0 Å². The zero-order valence-electron chi connectivity index (χ0n) is 9.48. The Bertz CT molecular complexity index is 514. The fourth-order valence-electron chi connectivity index (χ4n) is 1.67. The predicted octanol–water partition coefficient (Wildman–Crippen LogP) is 2.03. The van der Waals surface area contributed by atoms with E-state index in [1.165, 1.54) is 12.1 Å². The van der Waals surface area contributed by atoms with Crippen LogP contribution in [0, 0.1) is 15.5 Å². The molecule has 0 bridgehead atoms. The van der Waals surface area contributed by atoms with Crippen LogP contribution in [0.3, 0.4) is 0 Å². The number of rotatable bonds is 4. The second-order valence-corrected chi connectivity index (χ2v) is 5.22. The van der Waals surface area contributed by atoms with Crippen LogP contribution in [0.5, 0.6) is 0 Å². The molecule has 18 heavy (non-hydrogen) atoms. The van der Waals surface area contributed by atoms with E-state index in [1.807, 2.05) is 0 Å². The van der Waals surface area contributed by atoms with Crippen molar-refractivity contribution < 1.29 is 9.72 Å². The largest absolute Gasteiger partial charge is 0.329 e. The van der Waals surface area contributed by atoms with Crippen LogP contribution in [-0.2, 0) is 4.79 Å². The van der Waals surface area contributed by atoms with Gasteiger partial charge in [0.2, 0.25) is 5.91 Å². The molecule has 0 saturated heterocycles. The van der Waals surface area contributed by atoms with Crippen molar-refractivity contribution in [1.29, 1.82) is 0 Å². The predicted molar refractivity (Wildman–Crippen MR) is 70.1 cm³/mol. The highest BCUT2D eigenvalue weighted by molar-refractivity contribution is 9.10. The smallest absolute Gasteiger partial charge is 0.285 e. The van der Waals surface area contributed by atoms with Gasteiger partial charge in [0.25, 0.3) is 5.69 Å². The lowest BCUT2D eigenvalue weighted by atomic mass is 10.1. The lowest BCUT2D eigenvalue weighted by molar-refractivity contribution is -0.385. The number of hydrogen-bond donors (Lipinski definition) is 2. The molecule has 1 aliphatic carbocycles. The van der Waals surface area contributed by atoms with Crippen molar-refractivity contribution in [2.24, 2.45) is 11.1 Å². The topological polar surface area (TPSA) is 98.3 Å². The molecular formula is C11H12BrN3O3. The van der Waals surface area contributed by atoms with Crippen molar-refractivity contribution in [3.63, 3.8) is 0 Å². The molecular weight excluding hydrogens is 302 g/mol. The third-order valence-corrected chi connectivity index (χ3v) is 3.80. The summed E-state index contributed by atoms with van der Waals surface area (Å²) in [7, 11) is 0. The summed E-state index contributed by atoms with van der Waals surface area (Å²) in [5, 5.41) is 13.4. The molecule has 1 aromatic rings. The first-order valence-corrected chi connectivity index (χ1v) is 6.23. The first-order chi connectivity index (χ1) is 8.48. The second kappa shape index (κ2) is 4.66. The number of carbonyl (C=O) groups is 1. The zero-order valence-corrected chi connectivity index (χ0v) is 11.1. The molecule has 2 rings (SSSR count). The number of nitro benzene ring substituents is 1. The normalized spacial score (nSPS) is 16.1. The van der Waals surface area contributed by atoms with Crippen LogP contribution in [0.4, 0.5) is 11.4 Å². The molecule has 0 radical (unpaired) electrons. The molecule has 0 aliphatic heterocycles. The minimum atomic E-state index is -0.504. The summed E-state index contributed by atoms with van der Waals surface area (Å²) in [6.45, 7) is 0.303. The number of nitrogens with two attached hydrogens (primary N) is 1. The molecule has 0 unspecified atom stereocenters. The number of hydrogen-bond acceptors (Lipinski definition) is 4. The summed E-state index contributed by atoms with van der Waals surface area (Å²) in [5.41, 5.74) is 5.41. The summed E-state index contributed by atoms with van der Waals surface area (Å²) in [5.74, 6) is -0.165. The van der Waals surface area contributed by atoms with Crippen LogP contribution in [0.1, 0.15) is 12.8 Å². The maximum atomic E-state index is 11.9. The number of halogens is 1. The average Bonchev–Trinajstić information content (AvgIpc) is 3.12. The van der Waals surface area contributed by atoms with Gasteiger partial charge in [-0.1, -0.05) is 0 Å². The molecule has 3 N–H and O–H groups in total. The van der Waals surface area contributed by atoms with Gasteiger partial charge in [-0.3, -0.25) is 14.9 Å². The molecule has 0 aromatic heterocycles.